The molecule has 0 bridgehead atoms. The molecule has 0 heterocycles. The molecule has 1 rings (SSSR count). The number of carbonyl (C=O) groups is 2. The Bertz CT molecular complexity index is 469. The van der Waals surface area contributed by atoms with Gasteiger partial charge in [-0.2, -0.15) is 12.6 Å². The van der Waals surface area contributed by atoms with Crippen molar-refractivity contribution in [1.29, 1.82) is 0 Å². The molecule has 0 unspecified atom stereocenters. The fraction of sp³-hybridized carbons (Fsp3) is 0.500. The van der Waals surface area contributed by atoms with E-state index in [9.17, 15) is 9.59 Å². The molecule has 0 fully saturated rings. The summed E-state index contributed by atoms with van der Waals surface area (Å²) in [5, 5.41) is 5.74. The molecule has 0 atom stereocenters. The van der Waals surface area contributed by atoms with Crippen molar-refractivity contribution in [3.05, 3.63) is 29.3 Å². The van der Waals surface area contributed by atoms with Gasteiger partial charge in [0, 0.05) is 18.7 Å². The smallest absolute Gasteiger partial charge is 0.229 e. The van der Waals surface area contributed by atoms with E-state index in [2.05, 4.69) is 23.3 Å². The van der Waals surface area contributed by atoms with Crippen LogP contribution in [0.2, 0.25) is 0 Å². The summed E-state index contributed by atoms with van der Waals surface area (Å²) in [7, 11) is 0. The first-order valence-corrected chi connectivity index (χ1v) is 7.91. The molecule has 0 saturated heterocycles. The van der Waals surface area contributed by atoms with Crippen LogP contribution in [0.1, 0.15) is 36.8 Å². The van der Waals surface area contributed by atoms with Crippen LogP contribution in [0, 0.1) is 13.8 Å². The number of nitrogens with one attached hydrogen (secondary N) is 2. The van der Waals surface area contributed by atoms with Crippen LogP contribution >= 0.6 is 12.6 Å². The summed E-state index contributed by atoms with van der Waals surface area (Å²) in [6, 6.07) is 5.97. The molecular weight excluding hydrogens is 284 g/mol. The molecule has 116 valence electrons. The highest BCUT2D eigenvalue weighted by atomic mass is 32.1. The van der Waals surface area contributed by atoms with Gasteiger partial charge in [0.15, 0.2) is 0 Å². The summed E-state index contributed by atoms with van der Waals surface area (Å²) < 4.78 is 0. The highest BCUT2D eigenvalue weighted by Crippen LogP contribution is 2.19. The normalized spacial score (nSPS) is 10.2. The summed E-state index contributed by atoms with van der Waals surface area (Å²) >= 11 is 3.88. The molecule has 2 N–H and O–H groups in total. The van der Waals surface area contributed by atoms with Gasteiger partial charge in [-0.1, -0.05) is 24.6 Å². The van der Waals surface area contributed by atoms with Crippen molar-refractivity contribution in [1.82, 2.24) is 5.32 Å². The molecule has 0 aromatic heterocycles. The van der Waals surface area contributed by atoms with E-state index in [1.54, 1.807) is 0 Å². The number of thiol groups is 1. The van der Waals surface area contributed by atoms with Gasteiger partial charge < -0.3 is 10.6 Å². The van der Waals surface area contributed by atoms with Gasteiger partial charge in [-0.25, -0.2) is 0 Å². The van der Waals surface area contributed by atoms with E-state index in [1.165, 1.54) is 0 Å². The van der Waals surface area contributed by atoms with Gasteiger partial charge in [0.25, 0.3) is 0 Å². The Morgan fingerprint density at radius 3 is 2.33 bits per heavy atom. The SMILES string of the molecule is Cc1cccc(C)c1NC(=O)CCCCCNC(=O)CS. The minimum absolute atomic E-state index is 0.0480. The third kappa shape index (κ3) is 6.67. The van der Waals surface area contributed by atoms with Crippen molar-refractivity contribution < 1.29 is 9.59 Å². The third-order valence-electron chi connectivity index (χ3n) is 3.29. The number of unbranched alkanes of at least 4 members (excludes halogenated alkanes) is 2. The molecule has 4 nitrogen and oxygen atoms in total. The van der Waals surface area contributed by atoms with E-state index in [-0.39, 0.29) is 17.6 Å². The second-order valence-electron chi connectivity index (χ2n) is 5.13. The van der Waals surface area contributed by atoms with Crippen molar-refractivity contribution in [3.8, 4) is 0 Å². The summed E-state index contributed by atoms with van der Waals surface area (Å²) in [5.41, 5.74) is 3.08. The van der Waals surface area contributed by atoms with Gasteiger partial charge in [0.2, 0.25) is 11.8 Å². The minimum Gasteiger partial charge on any atom is -0.355 e. The van der Waals surface area contributed by atoms with Crippen LogP contribution in [0.4, 0.5) is 5.69 Å². The van der Waals surface area contributed by atoms with Crippen LogP contribution in [0.5, 0.6) is 0 Å². The Labute approximate surface area is 132 Å². The number of anilines is 1. The summed E-state index contributed by atoms with van der Waals surface area (Å²) in [6.45, 7) is 4.64. The van der Waals surface area contributed by atoms with Crippen LogP contribution in [-0.2, 0) is 9.59 Å². The first kappa shape index (κ1) is 17.6. The number of amides is 2. The molecule has 0 saturated carbocycles. The summed E-state index contributed by atoms with van der Waals surface area (Å²) in [4.78, 5) is 22.9. The largest absolute Gasteiger partial charge is 0.355 e. The average molecular weight is 308 g/mol. The van der Waals surface area contributed by atoms with Gasteiger partial charge in [-0.3, -0.25) is 9.59 Å². The lowest BCUT2D eigenvalue weighted by molar-refractivity contribution is -0.118. The second-order valence-corrected chi connectivity index (χ2v) is 5.45. The zero-order chi connectivity index (χ0) is 15.7. The Hall–Kier alpha value is -1.49. The van der Waals surface area contributed by atoms with Crippen LogP contribution in [0.3, 0.4) is 0 Å². The Morgan fingerprint density at radius 2 is 1.71 bits per heavy atom. The van der Waals surface area contributed by atoms with Crippen molar-refractivity contribution in [2.24, 2.45) is 0 Å². The maximum absolute atomic E-state index is 11.9. The molecule has 1 aromatic carbocycles. The summed E-state index contributed by atoms with van der Waals surface area (Å²) in [5.74, 6) is 0.218. The van der Waals surface area contributed by atoms with Crippen molar-refractivity contribution in [2.75, 3.05) is 17.6 Å². The number of rotatable bonds is 8. The van der Waals surface area contributed by atoms with E-state index in [4.69, 9.17) is 0 Å². The average Bonchev–Trinajstić information content (AvgIpc) is 2.46. The van der Waals surface area contributed by atoms with E-state index < -0.39 is 0 Å². The zero-order valence-electron chi connectivity index (χ0n) is 12.7. The maximum atomic E-state index is 11.9. The molecule has 0 aliphatic carbocycles. The van der Waals surface area contributed by atoms with E-state index >= 15 is 0 Å². The number of hydrogen-bond donors (Lipinski definition) is 3. The monoisotopic (exact) mass is 308 g/mol. The Kier molecular flexibility index (Phi) is 7.90. The fourth-order valence-electron chi connectivity index (χ4n) is 2.08. The predicted octanol–water partition coefficient (Wildman–Crippen LogP) is 2.85. The van der Waals surface area contributed by atoms with E-state index in [1.807, 2.05) is 32.0 Å². The standard InChI is InChI=1S/C16H24N2O2S/c1-12-7-6-8-13(2)16(12)18-14(19)9-4-3-5-10-17-15(20)11-21/h6-8,21H,3-5,9-11H2,1-2H3,(H,17,20)(H,18,19). The molecule has 0 aliphatic heterocycles. The number of para-hydroxylation sites is 1. The number of hydrogen-bond acceptors (Lipinski definition) is 3. The lowest BCUT2D eigenvalue weighted by Crippen LogP contribution is -2.25. The molecule has 5 heteroatoms. The zero-order valence-corrected chi connectivity index (χ0v) is 13.6. The molecule has 21 heavy (non-hydrogen) atoms. The van der Waals surface area contributed by atoms with Crippen LogP contribution < -0.4 is 10.6 Å². The van der Waals surface area contributed by atoms with Crippen molar-refractivity contribution >= 4 is 30.1 Å². The maximum Gasteiger partial charge on any atom is 0.229 e. The van der Waals surface area contributed by atoms with Crippen molar-refractivity contribution in [3.63, 3.8) is 0 Å². The Balaban J connectivity index is 2.21. The van der Waals surface area contributed by atoms with E-state index in [0.29, 0.717) is 13.0 Å². The van der Waals surface area contributed by atoms with E-state index in [0.717, 1.165) is 36.1 Å². The molecule has 1 aromatic rings. The number of carbonyl (C=O) groups excluding carboxylic acids is 2. The highest BCUT2D eigenvalue weighted by Gasteiger charge is 2.06. The lowest BCUT2D eigenvalue weighted by atomic mass is 10.1. The first-order chi connectivity index (χ1) is 10.0. The quantitative estimate of drug-likeness (QED) is 0.511. The highest BCUT2D eigenvalue weighted by molar-refractivity contribution is 7.81. The third-order valence-corrected chi connectivity index (χ3v) is 3.58. The van der Waals surface area contributed by atoms with Gasteiger partial charge in [0.1, 0.15) is 0 Å². The van der Waals surface area contributed by atoms with Gasteiger partial charge in [0.05, 0.1) is 5.75 Å². The van der Waals surface area contributed by atoms with Crippen LogP contribution in [0.25, 0.3) is 0 Å². The number of benzene rings is 1. The second kappa shape index (κ2) is 9.45. The molecule has 0 aliphatic rings. The van der Waals surface area contributed by atoms with Crippen LogP contribution in [0.15, 0.2) is 18.2 Å². The molecule has 0 spiro atoms. The minimum atomic E-state index is -0.0499. The summed E-state index contributed by atoms with van der Waals surface area (Å²) in [6.07, 6.45) is 3.14. The molecule has 0 radical (unpaired) electrons. The van der Waals surface area contributed by atoms with Gasteiger partial charge in [-0.05, 0) is 37.8 Å². The Morgan fingerprint density at radius 1 is 1.05 bits per heavy atom. The number of aryl methyl sites for hydroxylation is 2. The molecule has 2 amide bonds. The van der Waals surface area contributed by atoms with Gasteiger partial charge >= 0.3 is 0 Å². The lowest BCUT2D eigenvalue weighted by Gasteiger charge is -2.11. The van der Waals surface area contributed by atoms with Gasteiger partial charge in [-0.15, -0.1) is 0 Å². The van der Waals surface area contributed by atoms with Crippen LogP contribution in [-0.4, -0.2) is 24.1 Å². The first-order valence-electron chi connectivity index (χ1n) is 7.28. The van der Waals surface area contributed by atoms with Crippen molar-refractivity contribution in [2.45, 2.75) is 39.5 Å². The topological polar surface area (TPSA) is 58.2 Å². The fourth-order valence-corrected chi connectivity index (χ4v) is 2.20. The predicted molar refractivity (Wildman–Crippen MR) is 89.9 cm³/mol. The molecular formula is C16H24N2O2S.